The molecule has 0 fully saturated rings. The van der Waals surface area contributed by atoms with Gasteiger partial charge in [-0.3, -0.25) is 9.59 Å². The summed E-state index contributed by atoms with van der Waals surface area (Å²) in [5, 5.41) is 15.3. The molecule has 1 N–H and O–H groups in total. The number of nitriles is 1. The van der Waals surface area contributed by atoms with E-state index >= 15 is 0 Å². The number of nitrogens with zero attached hydrogens (tertiary/aromatic N) is 2. The number of amides is 1. The van der Waals surface area contributed by atoms with Gasteiger partial charge >= 0.3 is 0 Å². The van der Waals surface area contributed by atoms with Gasteiger partial charge in [0.25, 0.3) is 0 Å². The number of benzene rings is 3. The fraction of sp³-hybridized carbons (Fsp3) is 0.0588. The molecule has 0 spiro atoms. The Hall–Kier alpha value is -4.55. The monoisotopic (exact) mass is 623 g/mol. The molecule has 1 amide bonds. The number of thiophene rings is 1. The zero-order chi connectivity index (χ0) is 30.3. The molecular formula is C34H23ClFN3O2S2. The number of carbonyl (C=O) groups excluding carboxylic acids is 2. The number of pyridine rings is 1. The molecule has 0 saturated carbocycles. The molecule has 0 aliphatic heterocycles. The van der Waals surface area contributed by atoms with Crippen LogP contribution in [0.25, 0.3) is 28.5 Å². The van der Waals surface area contributed by atoms with Crippen molar-refractivity contribution in [2.24, 2.45) is 0 Å². The third kappa shape index (κ3) is 7.46. The van der Waals surface area contributed by atoms with Gasteiger partial charge in [0, 0.05) is 32.3 Å². The summed E-state index contributed by atoms with van der Waals surface area (Å²) in [5.74, 6) is -0.822. The molecule has 5 nitrogen and oxygen atoms in total. The van der Waals surface area contributed by atoms with E-state index in [2.05, 4.69) is 11.4 Å². The number of halogens is 2. The summed E-state index contributed by atoms with van der Waals surface area (Å²) in [6, 6.07) is 27.5. The highest BCUT2D eigenvalue weighted by atomic mass is 35.5. The fourth-order valence-electron chi connectivity index (χ4n) is 4.16. The largest absolute Gasteiger partial charge is 0.325 e. The SMILES string of the molecule is CC(Sc1nc(-c2ccc(Cl)cc2)cc(-c2ccc(F)cc2)c1C#N)C(=O)Nc1ccc(C(=O)/C=C/c2cccs2)cc1. The van der Waals surface area contributed by atoms with E-state index in [0.717, 1.165) is 22.2 Å². The maximum atomic E-state index is 13.7. The van der Waals surface area contributed by atoms with E-state index in [9.17, 15) is 19.2 Å². The normalized spacial score (nSPS) is 11.7. The van der Waals surface area contributed by atoms with Crippen molar-refractivity contribution in [2.45, 2.75) is 17.2 Å². The van der Waals surface area contributed by atoms with Crippen molar-refractivity contribution in [3.05, 3.63) is 129 Å². The zero-order valence-electron chi connectivity index (χ0n) is 22.8. The van der Waals surface area contributed by atoms with Gasteiger partial charge in [0.05, 0.1) is 16.5 Å². The van der Waals surface area contributed by atoms with E-state index in [1.54, 1.807) is 78.9 Å². The summed E-state index contributed by atoms with van der Waals surface area (Å²) in [6.45, 7) is 1.72. The zero-order valence-corrected chi connectivity index (χ0v) is 25.1. The first-order valence-electron chi connectivity index (χ1n) is 13.1. The molecule has 212 valence electrons. The molecule has 0 saturated heterocycles. The summed E-state index contributed by atoms with van der Waals surface area (Å²) in [7, 11) is 0. The number of ketones is 1. The van der Waals surface area contributed by atoms with Crippen LogP contribution in [0.5, 0.6) is 0 Å². The van der Waals surface area contributed by atoms with Crippen LogP contribution in [0.2, 0.25) is 5.02 Å². The first-order chi connectivity index (χ1) is 20.8. The molecule has 3 aromatic carbocycles. The molecule has 0 bridgehead atoms. The van der Waals surface area contributed by atoms with Crippen molar-refractivity contribution in [1.29, 1.82) is 5.26 Å². The van der Waals surface area contributed by atoms with Crippen LogP contribution >= 0.6 is 34.7 Å². The second-order valence-electron chi connectivity index (χ2n) is 9.40. The van der Waals surface area contributed by atoms with Crippen LogP contribution in [0.3, 0.4) is 0 Å². The third-order valence-corrected chi connectivity index (χ3v) is 8.61. The maximum absolute atomic E-state index is 13.7. The molecule has 2 aromatic heterocycles. The van der Waals surface area contributed by atoms with Gasteiger partial charge in [-0.2, -0.15) is 5.26 Å². The Morgan fingerprint density at radius 3 is 2.37 bits per heavy atom. The molecule has 1 atom stereocenters. The minimum atomic E-state index is -0.629. The van der Waals surface area contributed by atoms with Crippen LogP contribution in [0, 0.1) is 17.1 Å². The van der Waals surface area contributed by atoms with Gasteiger partial charge in [-0.05, 0) is 90.7 Å². The van der Waals surface area contributed by atoms with Gasteiger partial charge in [0.1, 0.15) is 16.9 Å². The van der Waals surface area contributed by atoms with Gasteiger partial charge in [0.2, 0.25) is 5.91 Å². The number of hydrogen-bond donors (Lipinski definition) is 1. The summed E-state index contributed by atoms with van der Waals surface area (Å²) < 4.78 is 13.7. The highest BCUT2D eigenvalue weighted by Crippen LogP contribution is 2.36. The van der Waals surface area contributed by atoms with Crippen LogP contribution in [0.1, 0.15) is 27.7 Å². The highest BCUT2D eigenvalue weighted by molar-refractivity contribution is 8.00. The van der Waals surface area contributed by atoms with Crippen molar-refractivity contribution in [3.63, 3.8) is 0 Å². The molecular weight excluding hydrogens is 601 g/mol. The van der Waals surface area contributed by atoms with E-state index in [-0.39, 0.29) is 23.1 Å². The van der Waals surface area contributed by atoms with Crippen molar-refractivity contribution in [1.82, 2.24) is 4.98 Å². The number of allylic oxidation sites excluding steroid dienone is 1. The maximum Gasteiger partial charge on any atom is 0.237 e. The van der Waals surface area contributed by atoms with Gasteiger partial charge < -0.3 is 5.32 Å². The predicted molar refractivity (Wildman–Crippen MR) is 173 cm³/mol. The Morgan fingerprint density at radius 2 is 1.72 bits per heavy atom. The lowest BCUT2D eigenvalue weighted by molar-refractivity contribution is -0.115. The average Bonchev–Trinajstić information content (AvgIpc) is 3.54. The number of anilines is 1. The van der Waals surface area contributed by atoms with Crippen LogP contribution in [-0.4, -0.2) is 21.9 Å². The number of rotatable bonds is 9. The summed E-state index contributed by atoms with van der Waals surface area (Å²) in [6.07, 6.45) is 3.30. The van der Waals surface area contributed by atoms with Gasteiger partial charge in [-0.25, -0.2) is 9.37 Å². The smallest absolute Gasteiger partial charge is 0.237 e. The predicted octanol–water partition coefficient (Wildman–Crippen LogP) is 9.16. The number of carbonyl (C=O) groups is 2. The average molecular weight is 624 g/mol. The van der Waals surface area contributed by atoms with Crippen molar-refractivity contribution < 1.29 is 14.0 Å². The van der Waals surface area contributed by atoms with E-state index in [0.29, 0.717) is 38.1 Å². The van der Waals surface area contributed by atoms with Crippen LogP contribution in [0.4, 0.5) is 10.1 Å². The van der Waals surface area contributed by atoms with Gasteiger partial charge in [0.15, 0.2) is 5.78 Å². The summed E-state index contributed by atoms with van der Waals surface area (Å²) >= 11 is 8.78. The topological polar surface area (TPSA) is 82.8 Å². The van der Waals surface area contributed by atoms with E-state index in [4.69, 9.17) is 16.6 Å². The molecule has 0 aliphatic rings. The molecule has 9 heteroatoms. The minimum absolute atomic E-state index is 0.136. The number of hydrogen-bond acceptors (Lipinski definition) is 6. The Kier molecular flexibility index (Phi) is 9.48. The van der Waals surface area contributed by atoms with Crippen molar-refractivity contribution in [3.8, 4) is 28.5 Å². The molecule has 43 heavy (non-hydrogen) atoms. The highest BCUT2D eigenvalue weighted by Gasteiger charge is 2.22. The van der Waals surface area contributed by atoms with E-state index in [1.807, 2.05) is 29.6 Å². The van der Waals surface area contributed by atoms with Crippen molar-refractivity contribution >= 4 is 58.2 Å². The van der Waals surface area contributed by atoms with Crippen LogP contribution in [0.15, 0.2) is 107 Å². The molecule has 2 heterocycles. The lowest BCUT2D eigenvalue weighted by atomic mass is 9.99. The lowest BCUT2D eigenvalue weighted by Gasteiger charge is -2.16. The van der Waals surface area contributed by atoms with E-state index < -0.39 is 5.25 Å². The van der Waals surface area contributed by atoms with Gasteiger partial charge in [-0.15, -0.1) is 11.3 Å². The Labute approximate surface area is 261 Å². The van der Waals surface area contributed by atoms with E-state index in [1.165, 1.54) is 18.2 Å². The Balaban J connectivity index is 1.37. The second-order valence-corrected chi connectivity index (χ2v) is 12.1. The molecule has 5 aromatic rings. The van der Waals surface area contributed by atoms with Crippen molar-refractivity contribution in [2.75, 3.05) is 5.32 Å². The summed E-state index contributed by atoms with van der Waals surface area (Å²) in [5.41, 5.74) is 3.90. The fourth-order valence-corrected chi connectivity index (χ4v) is 5.83. The second kappa shape index (κ2) is 13.6. The van der Waals surface area contributed by atoms with Crippen LogP contribution < -0.4 is 5.32 Å². The minimum Gasteiger partial charge on any atom is -0.325 e. The molecule has 0 radical (unpaired) electrons. The first-order valence-corrected chi connectivity index (χ1v) is 15.2. The number of thioether (sulfide) groups is 1. The molecule has 0 aliphatic carbocycles. The number of aromatic nitrogens is 1. The third-order valence-electron chi connectivity index (χ3n) is 6.43. The molecule has 1 unspecified atom stereocenters. The van der Waals surface area contributed by atoms with Crippen LogP contribution in [-0.2, 0) is 4.79 Å². The lowest BCUT2D eigenvalue weighted by Crippen LogP contribution is -2.22. The Morgan fingerprint density at radius 1 is 1.02 bits per heavy atom. The Bertz CT molecular complexity index is 1830. The molecule has 5 rings (SSSR count). The summed E-state index contributed by atoms with van der Waals surface area (Å²) in [4.78, 5) is 31.4. The van der Waals surface area contributed by atoms with Gasteiger partial charge in [-0.1, -0.05) is 53.7 Å². The quantitative estimate of drug-likeness (QED) is 0.101. The number of nitrogens with one attached hydrogen (secondary N) is 1. The first kappa shape index (κ1) is 29.9. The standard InChI is InChI=1S/C34H23ClFN3O2S2/c1-21(33(41)38-27-14-8-24(9-15-27)32(40)17-16-28-3-2-18-42-28)43-34-30(20-37)29(22-6-12-26(36)13-7-22)19-31(39-34)23-4-10-25(35)11-5-23/h2-19,21H,1H3,(H,38,41)/b17-16+.